The zero-order valence-corrected chi connectivity index (χ0v) is 21.3. The lowest BCUT2D eigenvalue weighted by Crippen LogP contribution is -2.48. The van der Waals surface area contributed by atoms with E-state index in [1.807, 2.05) is 20.8 Å². The summed E-state index contributed by atoms with van der Waals surface area (Å²) in [5.74, 6) is 0.0251. The van der Waals surface area contributed by atoms with Crippen LogP contribution in [0.25, 0.3) is 0 Å². The standard InChI is InChI=1S/C25H32F3N3O3S/c1-19(32)29-13-15-30(16-14-29)21-9-11-22(12-10-21)35(33,34)31(18-24(2,3)4)17-20-7-5-6-8-23(20)25(26,27)28/h5-12H,13-18H2,1-4H3. The van der Waals surface area contributed by atoms with Gasteiger partial charge in [0, 0.05) is 51.9 Å². The summed E-state index contributed by atoms with van der Waals surface area (Å²) in [6.07, 6.45) is -4.58. The summed E-state index contributed by atoms with van der Waals surface area (Å²) in [5, 5.41) is 0. The summed E-state index contributed by atoms with van der Waals surface area (Å²) in [6.45, 7) is 9.18. The van der Waals surface area contributed by atoms with Crippen LogP contribution in [0.15, 0.2) is 53.4 Å². The molecule has 2 aromatic rings. The first-order valence-electron chi connectivity index (χ1n) is 11.4. The third-order valence-electron chi connectivity index (χ3n) is 5.88. The molecule has 0 radical (unpaired) electrons. The number of sulfonamides is 1. The maximum absolute atomic E-state index is 13.6. The van der Waals surface area contributed by atoms with Gasteiger partial charge in [-0.2, -0.15) is 17.5 Å². The van der Waals surface area contributed by atoms with Crippen LogP contribution < -0.4 is 4.90 Å². The van der Waals surface area contributed by atoms with Crippen molar-refractivity contribution in [3.63, 3.8) is 0 Å². The number of amides is 1. The van der Waals surface area contributed by atoms with Crippen LogP contribution in [-0.2, 0) is 27.5 Å². The van der Waals surface area contributed by atoms with Crippen molar-refractivity contribution in [3.8, 4) is 0 Å². The van der Waals surface area contributed by atoms with E-state index < -0.39 is 27.2 Å². The molecule has 1 fully saturated rings. The smallest absolute Gasteiger partial charge is 0.368 e. The van der Waals surface area contributed by atoms with E-state index in [2.05, 4.69) is 4.90 Å². The van der Waals surface area contributed by atoms with Crippen LogP contribution >= 0.6 is 0 Å². The number of anilines is 1. The average Bonchev–Trinajstić information content (AvgIpc) is 2.77. The fourth-order valence-electron chi connectivity index (χ4n) is 4.14. The number of hydrogen-bond donors (Lipinski definition) is 0. The summed E-state index contributed by atoms with van der Waals surface area (Å²) >= 11 is 0. The Bertz CT molecular complexity index is 1140. The molecule has 0 atom stereocenters. The Morgan fingerprint density at radius 3 is 2.03 bits per heavy atom. The van der Waals surface area contributed by atoms with Gasteiger partial charge in [-0.1, -0.05) is 39.0 Å². The second-order valence-electron chi connectivity index (χ2n) is 9.98. The quantitative estimate of drug-likeness (QED) is 0.568. The highest BCUT2D eigenvalue weighted by Gasteiger charge is 2.36. The lowest BCUT2D eigenvalue weighted by atomic mass is 9.96. The van der Waals surface area contributed by atoms with E-state index in [0.717, 1.165) is 16.1 Å². The van der Waals surface area contributed by atoms with Crippen LogP contribution in [0.3, 0.4) is 0 Å². The van der Waals surface area contributed by atoms with E-state index >= 15 is 0 Å². The Kier molecular flexibility index (Phi) is 7.86. The SMILES string of the molecule is CC(=O)N1CCN(c2ccc(S(=O)(=O)N(Cc3ccccc3C(F)(F)F)CC(C)(C)C)cc2)CC1. The fourth-order valence-corrected chi connectivity index (χ4v) is 5.78. The number of carbonyl (C=O) groups excluding carboxylic acids is 1. The fraction of sp³-hybridized carbons (Fsp3) is 0.480. The predicted molar refractivity (Wildman–Crippen MR) is 129 cm³/mol. The van der Waals surface area contributed by atoms with Gasteiger partial charge in [0.2, 0.25) is 15.9 Å². The molecule has 0 aromatic heterocycles. The molecule has 1 amide bonds. The Morgan fingerprint density at radius 1 is 0.943 bits per heavy atom. The lowest BCUT2D eigenvalue weighted by Gasteiger charge is -2.35. The first-order chi connectivity index (χ1) is 16.2. The normalized spacial score (nSPS) is 15.5. The van der Waals surface area contributed by atoms with E-state index in [4.69, 9.17) is 0 Å². The van der Waals surface area contributed by atoms with Crippen molar-refractivity contribution in [3.05, 3.63) is 59.7 Å². The Hall–Kier alpha value is -2.59. The second-order valence-corrected chi connectivity index (χ2v) is 11.9. The summed E-state index contributed by atoms with van der Waals surface area (Å²) in [6, 6.07) is 11.5. The van der Waals surface area contributed by atoms with Crippen molar-refractivity contribution in [2.24, 2.45) is 5.41 Å². The van der Waals surface area contributed by atoms with Crippen LogP contribution in [0.1, 0.15) is 38.8 Å². The van der Waals surface area contributed by atoms with Gasteiger partial charge >= 0.3 is 6.18 Å². The largest absolute Gasteiger partial charge is 0.416 e. The topological polar surface area (TPSA) is 60.9 Å². The van der Waals surface area contributed by atoms with Crippen molar-refractivity contribution in [2.45, 2.75) is 45.3 Å². The molecule has 6 nitrogen and oxygen atoms in total. The number of carbonyl (C=O) groups is 1. The van der Waals surface area contributed by atoms with Crippen molar-refractivity contribution in [1.29, 1.82) is 0 Å². The van der Waals surface area contributed by atoms with Crippen LogP contribution in [0, 0.1) is 5.41 Å². The van der Waals surface area contributed by atoms with Gasteiger partial charge in [-0.15, -0.1) is 0 Å². The minimum Gasteiger partial charge on any atom is -0.368 e. The van der Waals surface area contributed by atoms with Gasteiger partial charge in [0.15, 0.2) is 0 Å². The first-order valence-corrected chi connectivity index (χ1v) is 12.9. The van der Waals surface area contributed by atoms with Gasteiger partial charge in [-0.3, -0.25) is 4.79 Å². The zero-order valence-electron chi connectivity index (χ0n) is 20.5. The van der Waals surface area contributed by atoms with Crippen molar-refractivity contribution in [1.82, 2.24) is 9.21 Å². The van der Waals surface area contributed by atoms with Crippen LogP contribution in [-0.4, -0.2) is 56.3 Å². The van der Waals surface area contributed by atoms with Gasteiger partial charge in [0.25, 0.3) is 0 Å². The minimum atomic E-state index is -4.58. The molecule has 1 saturated heterocycles. The molecule has 2 aromatic carbocycles. The maximum Gasteiger partial charge on any atom is 0.416 e. The summed E-state index contributed by atoms with van der Waals surface area (Å²) in [7, 11) is -4.07. The monoisotopic (exact) mass is 511 g/mol. The summed E-state index contributed by atoms with van der Waals surface area (Å²) in [4.78, 5) is 15.4. The summed E-state index contributed by atoms with van der Waals surface area (Å²) < 4.78 is 68.9. The first kappa shape index (κ1) is 27.0. The van der Waals surface area contributed by atoms with Gasteiger partial charge in [-0.05, 0) is 41.3 Å². The summed E-state index contributed by atoms with van der Waals surface area (Å²) in [5.41, 5.74) is -0.574. The zero-order chi connectivity index (χ0) is 26.0. The molecule has 0 bridgehead atoms. The molecule has 0 unspecified atom stereocenters. The highest BCUT2D eigenvalue weighted by molar-refractivity contribution is 7.89. The number of hydrogen-bond acceptors (Lipinski definition) is 4. The number of halogens is 3. The molecular weight excluding hydrogens is 479 g/mol. The number of alkyl halides is 3. The van der Waals surface area contributed by atoms with E-state index in [9.17, 15) is 26.4 Å². The van der Waals surface area contributed by atoms with Crippen molar-refractivity contribution >= 4 is 21.6 Å². The van der Waals surface area contributed by atoms with Crippen LogP contribution in [0.5, 0.6) is 0 Å². The minimum absolute atomic E-state index is 0.0251. The van der Waals surface area contributed by atoms with E-state index in [0.29, 0.717) is 26.2 Å². The Labute approximate surface area is 205 Å². The average molecular weight is 512 g/mol. The van der Waals surface area contributed by atoms with Gasteiger partial charge in [0.05, 0.1) is 10.5 Å². The molecule has 1 aliphatic rings. The molecule has 192 valence electrons. The number of piperazine rings is 1. The maximum atomic E-state index is 13.6. The molecular formula is C25H32F3N3O3S. The predicted octanol–water partition coefficient (Wildman–Crippen LogP) is 4.61. The molecule has 0 aliphatic carbocycles. The number of benzene rings is 2. The van der Waals surface area contributed by atoms with Gasteiger partial charge in [-0.25, -0.2) is 8.42 Å². The van der Waals surface area contributed by atoms with E-state index in [1.54, 1.807) is 17.0 Å². The van der Waals surface area contributed by atoms with Gasteiger partial charge in [0.1, 0.15) is 0 Å². The molecule has 1 aliphatic heterocycles. The van der Waals surface area contributed by atoms with Gasteiger partial charge < -0.3 is 9.80 Å². The Balaban J connectivity index is 1.87. The molecule has 3 rings (SSSR count). The van der Waals surface area contributed by atoms with Crippen molar-refractivity contribution in [2.75, 3.05) is 37.6 Å². The highest BCUT2D eigenvalue weighted by atomic mass is 32.2. The van der Waals surface area contributed by atoms with E-state index in [-0.39, 0.29) is 29.5 Å². The van der Waals surface area contributed by atoms with Crippen LogP contribution in [0.4, 0.5) is 18.9 Å². The number of nitrogens with zero attached hydrogens (tertiary/aromatic N) is 3. The van der Waals surface area contributed by atoms with E-state index in [1.165, 1.54) is 37.3 Å². The Morgan fingerprint density at radius 2 is 1.51 bits per heavy atom. The molecule has 10 heteroatoms. The molecule has 0 spiro atoms. The highest BCUT2D eigenvalue weighted by Crippen LogP contribution is 2.34. The van der Waals surface area contributed by atoms with Crippen molar-refractivity contribution < 1.29 is 26.4 Å². The third kappa shape index (κ3) is 6.76. The molecule has 0 saturated carbocycles. The van der Waals surface area contributed by atoms with Crippen LogP contribution in [0.2, 0.25) is 0 Å². The molecule has 35 heavy (non-hydrogen) atoms. The second kappa shape index (κ2) is 10.2. The molecule has 0 N–H and O–H groups in total. The lowest BCUT2D eigenvalue weighted by molar-refractivity contribution is -0.138. The third-order valence-corrected chi connectivity index (χ3v) is 7.69. The molecule has 1 heterocycles. The number of rotatable bonds is 6.